The lowest BCUT2D eigenvalue weighted by atomic mass is 10.2. The van der Waals surface area contributed by atoms with Crippen molar-refractivity contribution in [3.8, 4) is 0 Å². The highest BCUT2D eigenvalue weighted by molar-refractivity contribution is 9.10. The summed E-state index contributed by atoms with van der Waals surface area (Å²) in [7, 11) is 0. The van der Waals surface area contributed by atoms with Gasteiger partial charge < -0.3 is 5.73 Å². The van der Waals surface area contributed by atoms with Gasteiger partial charge in [-0.05, 0) is 40.4 Å². The number of fused-ring (bicyclic) bond motifs is 1. The van der Waals surface area contributed by atoms with E-state index in [4.69, 9.17) is 5.73 Å². The molecule has 5 heteroatoms. The van der Waals surface area contributed by atoms with Crippen LogP contribution in [0.2, 0.25) is 0 Å². The van der Waals surface area contributed by atoms with Crippen LogP contribution in [0.4, 0.5) is 5.82 Å². The molecule has 0 saturated heterocycles. The van der Waals surface area contributed by atoms with Crippen LogP contribution >= 0.6 is 27.3 Å². The lowest BCUT2D eigenvalue weighted by Crippen LogP contribution is -2.10. The topological polar surface area (TPSA) is 43.8 Å². The summed E-state index contributed by atoms with van der Waals surface area (Å²) in [5.41, 5.74) is 5.99. The summed E-state index contributed by atoms with van der Waals surface area (Å²) in [6, 6.07) is 10.7. The molecule has 1 unspecified atom stereocenters. The normalized spacial score (nSPS) is 13.0. The van der Waals surface area contributed by atoms with Crippen LogP contribution in [0.15, 0.2) is 41.0 Å². The molecule has 0 aliphatic carbocycles. The van der Waals surface area contributed by atoms with Crippen LogP contribution in [0.25, 0.3) is 10.1 Å². The predicted molar refractivity (Wildman–Crippen MR) is 80.0 cm³/mol. The number of nitrogen functional groups attached to an aromatic ring is 1. The molecular formula is C13H12BrN3S. The molecule has 0 spiro atoms. The van der Waals surface area contributed by atoms with Crippen LogP contribution < -0.4 is 5.73 Å². The summed E-state index contributed by atoms with van der Waals surface area (Å²) in [5.74, 6) is 0.667. The monoisotopic (exact) mass is 321 g/mol. The Morgan fingerprint density at radius 1 is 1.39 bits per heavy atom. The second-order valence-electron chi connectivity index (χ2n) is 4.18. The van der Waals surface area contributed by atoms with Crippen molar-refractivity contribution in [2.45, 2.75) is 13.0 Å². The van der Waals surface area contributed by atoms with Crippen molar-refractivity contribution in [3.63, 3.8) is 0 Å². The van der Waals surface area contributed by atoms with Gasteiger partial charge in [0.15, 0.2) is 0 Å². The van der Waals surface area contributed by atoms with Crippen molar-refractivity contribution in [2.75, 3.05) is 5.73 Å². The number of hydrogen-bond donors (Lipinski definition) is 1. The van der Waals surface area contributed by atoms with Gasteiger partial charge in [-0.25, -0.2) is 4.68 Å². The molecule has 92 valence electrons. The first kappa shape index (κ1) is 11.7. The average Bonchev–Trinajstić information content (AvgIpc) is 2.94. The molecule has 1 aromatic carbocycles. The highest BCUT2D eigenvalue weighted by atomic mass is 79.9. The minimum absolute atomic E-state index is 0.147. The molecular weight excluding hydrogens is 310 g/mol. The number of benzene rings is 1. The van der Waals surface area contributed by atoms with Gasteiger partial charge in [-0.3, -0.25) is 0 Å². The average molecular weight is 322 g/mol. The van der Waals surface area contributed by atoms with Crippen molar-refractivity contribution >= 4 is 43.2 Å². The number of anilines is 1. The maximum Gasteiger partial charge on any atom is 0.136 e. The highest BCUT2D eigenvalue weighted by Crippen LogP contribution is 2.33. The molecule has 3 aromatic rings. The van der Waals surface area contributed by atoms with Gasteiger partial charge in [-0.2, -0.15) is 5.10 Å². The summed E-state index contributed by atoms with van der Waals surface area (Å²) in [6.07, 6.45) is 1.74. The molecule has 18 heavy (non-hydrogen) atoms. The van der Waals surface area contributed by atoms with Gasteiger partial charge in [0.2, 0.25) is 0 Å². The Labute approximate surface area is 117 Å². The molecule has 0 aliphatic rings. The van der Waals surface area contributed by atoms with Gasteiger partial charge in [0.05, 0.1) is 16.7 Å². The third-order valence-electron chi connectivity index (χ3n) is 3.01. The molecule has 2 aromatic heterocycles. The van der Waals surface area contributed by atoms with Crippen LogP contribution in [-0.2, 0) is 0 Å². The maximum absolute atomic E-state index is 5.99. The number of hydrogen-bond acceptors (Lipinski definition) is 3. The number of rotatable bonds is 2. The fourth-order valence-corrected chi connectivity index (χ4v) is 3.36. The standard InChI is InChI=1S/C13H12BrN3S/c1-8(17-13(15)10(14)7-16-17)12-6-9-4-2-3-5-11(9)18-12/h2-8H,15H2,1H3. The Kier molecular flexibility index (Phi) is 2.87. The zero-order valence-electron chi connectivity index (χ0n) is 9.80. The van der Waals surface area contributed by atoms with Crippen molar-refractivity contribution in [1.29, 1.82) is 0 Å². The first-order chi connectivity index (χ1) is 8.66. The maximum atomic E-state index is 5.99. The summed E-state index contributed by atoms with van der Waals surface area (Å²) in [6.45, 7) is 2.11. The van der Waals surface area contributed by atoms with Crippen LogP contribution in [0, 0.1) is 0 Å². The van der Waals surface area contributed by atoms with Gasteiger partial charge >= 0.3 is 0 Å². The molecule has 3 rings (SSSR count). The minimum atomic E-state index is 0.147. The van der Waals surface area contributed by atoms with Gasteiger partial charge in [0.25, 0.3) is 0 Å². The molecule has 2 heterocycles. The Balaban J connectivity index is 2.06. The quantitative estimate of drug-likeness (QED) is 0.773. The first-order valence-corrected chi connectivity index (χ1v) is 7.24. The van der Waals surface area contributed by atoms with Crippen LogP contribution in [-0.4, -0.2) is 9.78 Å². The van der Waals surface area contributed by atoms with Crippen molar-refractivity contribution in [1.82, 2.24) is 9.78 Å². The number of nitrogens with two attached hydrogens (primary N) is 1. The minimum Gasteiger partial charge on any atom is -0.383 e. The summed E-state index contributed by atoms with van der Waals surface area (Å²) in [5, 5.41) is 5.59. The van der Waals surface area contributed by atoms with Gasteiger partial charge in [-0.1, -0.05) is 18.2 Å². The third-order valence-corrected chi connectivity index (χ3v) is 4.91. The van der Waals surface area contributed by atoms with Crippen molar-refractivity contribution < 1.29 is 0 Å². The highest BCUT2D eigenvalue weighted by Gasteiger charge is 2.15. The molecule has 0 amide bonds. The van der Waals surface area contributed by atoms with E-state index in [1.54, 1.807) is 17.5 Å². The second-order valence-corrected chi connectivity index (χ2v) is 6.15. The number of halogens is 1. The van der Waals surface area contributed by atoms with E-state index in [2.05, 4.69) is 58.3 Å². The summed E-state index contributed by atoms with van der Waals surface area (Å²) in [4.78, 5) is 1.26. The zero-order valence-corrected chi connectivity index (χ0v) is 12.2. The molecule has 0 saturated carbocycles. The number of aromatic nitrogens is 2. The SMILES string of the molecule is CC(c1cc2ccccc2s1)n1ncc(Br)c1N. The van der Waals surface area contributed by atoms with Gasteiger partial charge in [0.1, 0.15) is 5.82 Å². The summed E-state index contributed by atoms with van der Waals surface area (Å²) < 4.78 is 3.98. The fraction of sp³-hybridized carbons (Fsp3) is 0.154. The van der Waals surface area contributed by atoms with E-state index < -0.39 is 0 Å². The van der Waals surface area contributed by atoms with E-state index in [1.165, 1.54) is 15.0 Å². The number of thiophene rings is 1. The largest absolute Gasteiger partial charge is 0.383 e. The lowest BCUT2D eigenvalue weighted by Gasteiger charge is -2.11. The third kappa shape index (κ3) is 1.83. The summed E-state index contributed by atoms with van der Waals surface area (Å²) >= 11 is 5.17. The second kappa shape index (κ2) is 4.40. The zero-order chi connectivity index (χ0) is 12.7. The van der Waals surface area contributed by atoms with E-state index in [1.807, 2.05) is 4.68 Å². The van der Waals surface area contributed by atoms with Gasteiger partial charge in [0, 0.05) is 9.58 Å². The molecule has 0 aliphatic heterocycles. The lowest BCUT2D eigenvalue weighted by molar-refractivity contribution is 0.581. The van der Waals surface area contributed by atoms with Crippen molar-refractivity contribution in [2.24, 2.45) is 0 Å². The van der Waals surface area contributed by atoms with Gasteiger partial charge in [-0.15, -0.1) is 11.3 Å². The molecule has 0 fully saturated rings. The molecule has 1 atom stereocenters. The van der Waals surface area contributed by atoms with E-state index >= 15 is 0 Å². The Hall–Kier alpha value is -1.33. The Morgan fingerprint density at radius 2 is 2.17 bits per heavy atom. The van der Waals surface area contributed by atoms with E-state index in [0.717, 1.165) is 4.47 Å². The molecule has 3 nitrogen and oxygen atoms in total. The van der Waals surface area contributed by atoms with Crippen LogP contribution in [0.3, 0.4) is 0 Å². The molecule has 2 N–H and O–H groups in total. The van der Waals surface area contributed by atoms with Crippen LogP contribution in [0.5, 0.6) is 0 Å². The Bertz CT molecular complexity index is 668. The van der Waals surface area contributed by atoms with E-state index in [-0.39, 0.29) is 6.04 Å². The molecule has 0 bridgehead atoms. The fourth-order valence-electron chi connectivity index (χ4n) is 1.99. The van der Waals surface area contributed by atoms with E-state index in [0.29, 0.717) is 5.82 Å². The first-order valence-electron chi connectivity index (χ1n) is 5.64. The van der Waals surface area contributed by atoms with E-state index in [9.17, 15) is 0 Å². The van der Waals surface area contributed by atoms with Crippen molar-refractivity contribution in [3.05, 3.63) is 45.9 Å². The Morgan fingerprint density at radius 3 is 2.83 bits per heavy atom. The van der Waals surface area contributed by atoms with Crippen LogP contribution in [0.1, 0.15) is 17.8 Å². The molecule has 0 radical (unpaired) electrons. The predicted octanol–water partition coefficient (Wildman–Crippen LogP) is 4.05. The number of nitrogens with zero attached hydrogens (tertiary/aromatic N) is 2. The smallest absolute Gasteiger partial charge is 0.136 e.